The lowest BCUT2D eigenvalue weighted by atomic mass is 10.0. The van der Waals surface area contributed by atoms with Gasteiger partial charge in [0, 0.05) is 29.8 Å². The standard InChI is InChI=1S/C27H19ClN4O5/c28-19-7-9-23(32(36)37)20(15-19)17-10-11-31(25(33)14-17)24(12-16-4-2-1-3-5-16)26-29-21-8-6-18(27(34)35)13-22(21)30-26/h1-11,13-15,24H,12H2,(H,29,30)(H,34,35). The van der Waals surface area contributed by atoms with E-state index in [1.165, 1.54) is 41.0 Å². The maximum Gasteiger partial charge on any atom is 0.335 e. The number of nitrogens with one attached hydrogen (secondary N) is 1. The molecule has 2 N–H and O–H groups in total. The number of benzene rings is 3. The summed E-state index contributed by atoms with van der Waals surface area (Å²) < 4.78 is 1.50. The third kappa shape index (κ3) is 4.85. The van der Waals surface area contributed by atoms with Crippen LogP contribution in [0.4, 0.5) is 5.69 Å². The number of nitro benzene ring substituents is 1. The summed E-state index contributed by atoms with van der Waals surface area (Å²) in [4.78, 5) is 43.6. The molecule has 0 aliphatic carbocycles. The van der Waals surface area contributed by atoms with Crippen LogP contribution < -0.4 is 5.56 Å². The van der Waals surface area contributed by atoms with Crippen LogP contribution in [0.5, 0.6) is 0 Å². The molecule has 0 aliphatic rings. The monoisotopic (exact) mass is 514 g/mol. The van der Waals surface area contributed by atoms with Crippen LogP contribution in [0, 0.1) is 10.1 Å². The minimum absolute atomic E-state index is 0.106. The second-order valence-corrected chi connectivity index (χ2v) is 8.88. The van der Waals surface area contributed by atoms with Crippen molar-refractivity contribution in [3.8, 4) is 11.1 Å². The van der Waals surface area contributed by atoms with Crippen molar-refractivity contribution in [2.75, 3.05) is 0 Å². The topological polar surface area (TPSA) is 131 Å². The van der Waals surface area contributed by atoms with E-state index < -0.39 is 16.9 Å². The van der Waals surface area contributed by atoms with Crippen molar-refractivity contribution in [1.82, 2.24) is 14.5 Å². The fourth-order valence-electron chi connectivity index (χ4n) is 4.29. The molecule has 5 rings (SSSR count). The zero-order chi connectivity index (χ0) is 26.1. The molecule has 0 aliphatic heterocycles. The molecule has 0 bridgehead atoms. The maximum atomic E-state index is 13.4. The number of pyridine rings is 1. The molecule has 37 heavy (non-hydrogen) atoms. The van der Waals surface area contributed by atoms with E-state index in [0.29, 0.717) is 33.9 Å². The summed E-state index contributed by atoms with van der Waals surface area (Å²) in [5.74, 6) is -0.584. The Morgan fingerprint density at radius 3 is 2.57 bits per heavy atom. The number of H-pyrrole nitrogens is 1. The number of aromatic carboxylic acids is 1. The quantitative estimate of drug-likeness (QED) is 0.218. The highest BCUT2D eigenvalue weighted by atomic mass is 35.5. The molecule has 3 aromatic carbocycles. The highest BCUT2D eigenvalue weighted by Crippen LogP contribution is 2.32. The molecule has 0 saturated carbocycles. The second kappa shape index (κ2) is 9.71. The number of carboxylic acids is 1. The number of hydrogen-bond donors (Lipinski definition) is 2. The highest BCUT2D eigenvalue weighted by Gasteiger charge is 2.22. The Labute approximate surface area is 214 Å². The molecule has 5 aromatic rings. The summed E-state index contributed by atoms with van der Waals surface area (Å²) in [6.45, 7) is 0. The Hall–Kier alpha value is -4.76. The van der Waals surface area contributed by atoms with E-state index in [1.807, 2.05) is 30.3 Å². The fourth-order valence-corrected chi connectivity index (χ4v) is 4.47. The number of nitro groups is 1. The van der Waals surface area contributed by atoms with Crippen molar-refractivity contribution < 1.29 is 14.8 Å². The molecule has 2 heterocycles. The lowest BCUT2D eigenvalue weighted by Crippen LogP contribution is -2.27. The highest BCUT2D eigenvalue weighted by molar-refractivity contribution is 6.31. The first kappa shape index (κ1) is 24.0. The van der Waals surface area contributed by atoms with Gasteiger partial charge in [0.1, 0.15) is 5.82 Å². The normalized spacial score (nSPS) is 11.9. The van der Waals surface area contributed by atoms with E-state index in [4.69, 9.17) is 11.6 Å². The van der Waals surface area contributed by atoms with E-state index >= 15 is 0 Å². The lowest BCUT2D eigenvalue weighted by molar-refractivity contribution is -0.384. The van der Waals surface area contributed by atoms with Gasteiger partial charge in [0.2, 0.25) is 0 Å². The summed E-state index contributed by atoms with van der Waals surface area (Å²) in [7, 11) is 0. The Bertz CT molecular complexity index is 1710. The number of aromatic nitrogens is 3. The number of aromatic amines is 1. The molecule has 0 spiro atoms. The van der Waals surface area contributed by atoms with Crippen LogP contribution in [0.15, 0.2) is 89.9 Å². The van der Waals surface area contributed by atoms with Crippen molar-refractivity contribution in [2.45, 2.75) is 12.5 Å². The molecule has 0 amide bonds. The van der Waals surface area contributed by atoms with Crippen LogP contribution >= 0.6 is 11.6 Å². The fraction of sp³-hybridized carbons (Fsp3) is 0.0741. The first-order chi connectivity index (χ1) is 17.8. The molecule has 1 unspecified atom stereocenters. The summed E-state index contributed by atoms with van der Waals surface area (Å²) in [6.07, 6.45) is 1.99. The van der Waals surface area contributed by atoms with Gasteiger partial charge in [0.25, 0.3) is 11.2 Å². The molecule has 9 nitrogen and oxygen atoms in total. The number of halogens is 1. The van der Waals surface area contributed by atoms with Gasteiger partial charge in [-0.3, -0.25) is 14.9 Å². The van der Waals surface area contributed by atoms with Gasteiger partial charge in [0.05, 0.1) is 33.1 Å². The zero-order valence-electron chi connectivity index (χ0n) is 19.2. The average Bonchev–Trinajstić information content (AvgIpc) is 3.31. The number of fused-ring (bicyclic) bond motifs is 1. The SMILES string of the molecule is O=C(O)c1ccc2[nH]c(C(Cc3ccccc3)n3ccc(-c4cc(Cl)ccc4[N+](=O)[O-])cc3=O)nc2c1. The predicted molar refractivity (Wildman–Crippen MR) is 139 cm³/mol. The molecule has 2 aromatic heterocycles. The van der Waals surface area contributed by atoms with E-state index in [-0.39, 0.29) is 22.4 Å². The Morgan fingerprint density at radius 2 is 1.86 bits per heavy atom. The molecule has 184 valence electrons. The Kier molecular flexibility index (Phi) is 6.29. The van der Waals surface area contributed by atoms with Crippen LogP contribution in [-0.4, -0.2) is 30.5 Å². The van der Waals surface area contributed by atoms with E-state index in [0.717, 1.165) is 5.56 Å². The summed E-state index contributed by atoms with van der Waals surface area (Å²) in [5, 5.41) is 21.2. The Morgan fingerprint density at radius 1 is 1.08 bits per heavy atom. The van der Waals surface area contributed by atoms with Crippen LogP contribution in [0.25, 0.3) is 22.2 Å². The average molecular weight is 515 g/mol. The van der Waals surface area contributed by atoms with E-state index in [2.05, 4.69) is 9.97 Å². The van der Waals surface area contributed by atoms with Crippen molar-refractivity contribution in [2.24, 2.45) is 0 Å². The van der Waals surface area contributed by atoms with Gasteiger partial charge < -0.3 is 14.7 Å². The molecular weight excluding hydrogens is 496 g/mol. The van der Waals surface area contributed by atoms with Crippen LogP contribution in [0.1, 0.15) is 27.8 Å². The first-order valence-electron chi connectivity index (χ1n) is 11.2. The summed E-state index contributed by atoms with van der Waals surface area (Å²) in [5.41, 5.74) is 2.23. The number of carboxylic acid groups (broad SMARTS) is 1. The van der Waals surface area contributed by atoms with E-state index in [1.54, 1.807) is 18.3 Å². The van der Waals surface area contributed by atoms with Crippen molar-refractivity contribution in [1.29, 1.82) is 0 Å². The van der Waals surface area contributed by atoms with E-state index in [9.17, 15) is 24.8 Å². The third-order valence-electron chi connectivity index (χ3n) is 6.09. The van der Waals surface area contributed by atoms with Gasteiger partial charge in [-0.1, -0.05) is 41.9 Å². The molecule has 0 fully saturated rings. The number of nitrogens with zero attached hydrogens (tertiary/aromatic N) is 3. The molecular formula is C27H19ClN4O5. The van der Waals surface area contributed by atoms with Gasteiger partial charge >= 0.3 is 5.97 Å². The molecule has 0 saturated heterocycles. The van der Waals surface area contributed by atoms with Gasteiger partial charge in [-0.15, -0.1) is 0 Å². The van der Waals surface area contributed by atoms with Gasteiger partial charge in [-0.05, 0) is 47.5 Å². The molecule has 0 radical (unpaired) electrons. The number of hydrogen-bond acceptors (Lipinski definition) is 5. The number of rotatable bonds is 7. The second-order valence-electron chi connectivity index (χ2n) is 8.44. The van der Waals surface area contributed by atoms with Gasteiger partial charge in [0.15, 0.2) is 0 Å². The molecule has 10 heteroatoms. The predicted octanol–water partition coefficient (Wildman–Crippen LogP) is 5.48. The van der Waals surface area contributed by atoms with Gasteiger partial charge in [-0.25, -0.2) is 9.78 Å². The Balaban J connectivity index is 1.62. The number of imidazole rings is 1. The van der Waals surface area contributed by atoms with Gasteiger partial charge in [-0.2, -0.15) is 0 Å². The number of carbonyl (C=O) groups is 1. The minimum Gasteiger partial charge on any atom is -0.478 e. The summed E-state index contributed by atoms with van der Waals surface area (Å²) in [6, 6.07) is 20.8. The molecule has 1 atom stereocenters. The zero-order valence-corrected chi connectivity index (χ0v) is 19.9. The van der Waals surface area contributed by atoms with Crippen molar-refractivity contribution in [3.63, 3.8) is 0 Å². The first-order valence-corrected chi connectivity index (χ1v) is 11.6. The smallest absolute Gasteiger partial charge is 0.335 e. The van der Waals surface area contributed by atoms with Crippen LogP contribution in [-0.2, 0) is 6.42 Å². The maximum absolute atomic E-state index is 13.4. The largest absolute Gasteiger partial charge is 0.478 e. The van der Waals surface area contributed by atoms with Crippen molar-refractivity contribution >= 4 is 34.3 Å². The summed E-state index contributed by atoms with van der Waals surface area (Å²) >= 11 is 6.08. The van der Waals surface area contributed by atoms with Crippen LogP contribution in [0.3, 0.4) is 0 Å². The minimum atomic E-state index is -1.06. The lowest BCUT2D eigenvalue weighted by Gasteiger charge is -2.19. The van der Waals surface area contributed by atoms with Crippen molar-refractivity contribution in [3.05, 3.63) is 128 Å². The third-order valence-corrected chi connectivity index (χ3v) is 6.32. The van der Waals surface area contributed by atoms with Crippen LogP contribution in [0.2, 0.25) is 5.02 Å².